The third kappa shape index (κ3) is 5.57. The molecule has 1 saturated heterocycles. The molecule has 27 heavy (non-hydrogen) atoms. The normalized spacial score (nSPS) is 14.6. The molecule has 1 aromatic carbocycles. The summed E-state index contributed by atoms with van der Waals surface area (Å²) in [5.74, 6) is 0.151. The number of nitrogens with zero attached hydrogens (tertiary/aromatic N) is 3. The van der Waals surface area contributed by atoms with Gasteiger partial charge in [-0.25, -0.2) is 9.97 Å². The molecule has 1 fully saturated rings. The average Bonchev–Trinajstić information content (AvgIpc) is 2.69. The second-order valence-electron chi connectivity index (χ2n) is 6.27. The third-order valence-electron chi connectivity index (χ3n) is 4.26. The SMILES string of the molecule is CC(=O)c1cccc(Nc2ncc(C(=O)NCCN3CCOCC3)cn2)c1. The molecule has 0 spiro atoms. The van der Waals surface area contributed by atoms with Gasteiger partial charge in [-0.3, -0.25) is 14.5 Å². The van der Waals surface area contributed by atoms with Gasteiger partial charge in [-0.1, -0.05) is 12.1 Å². The maximum absolute atomic E-state index is 12.2. The fourth-order valence-electron chi connectivity index (χ4n) is 2.71. The van der Waals surface area contributed by atoms with Crippen molar-refractivity contribution >= 4 is 23.3 Å². The van der Waals surface area contributed by atoms with E-state index >= 15 is 0 Å². The molecule has 3 rings (SSSR count). The number of amides is 1. The molecule has 142 valence electrons. The van der Waals surface area contributed by atoms with Crippen LogP contribution in [0.3, 0.4) is 0 Å². The summed E-state index contributed by atoms with van der Waals surface area (Å²) in [6, 6.07) is 7.09. The van der Waals surface area contributed by atoms with Gasteiger partial charge in [-0.05, 0) is 19.1 Å². The molecule has 8 heteroatoms. The Bertz CT molecular complexity index is 788. The zero-order valence-electron chi connectivity index (χ0n) is 15.3. The summed E-state index contributed by atoms with van der Waals surface area (Å²) < 4.78 is 5.30. The van der Waals surface area contributed by atoms with E-state index in [-0.39, 0.29) is 11.7 Å². The number of carbonyl (C=O) groups excluding carboxylic acids is 2. The van der Waals surface area contributed by atoms with E-state index in [0.29, 0.717) is 29.3 Å². The summed E-state index contributed by atoms with van der Waals surface area (Å²) in [5.41, 5.74) is 1.72. The number of anilines is 2. The molecule has 1 aromatic heterocycles. The second-order valence-corrected chi connectivity index (χ2v) is 6.27. The zero-order chi connectivity index (χ0) is 19.1. The van der Waals surface area contributed by atoms with Gasteiger partial charge in [0.25, 0.3) is 5.91 Å². The minimum Gasteiger partial charge on any atom is -0.379 e. The Morgan fingerprint density at radius 3 is 2.59 bits per heavy atom. The van der Waals surface area contributed by atoms with Crippen LogP contribution in [0, 0.1) is 0 Å². The lowest BCUT2D eigenvalue weighted by atomic mass is 10.1. The number of Topliss-reactive ketones (excluding diaryl/α,β-unsaturated/α-hetero) is 1. The van der Waals surface area contributed by atoms with Gasteiger partial charge in [0.2, 0.25) is 5.95 Å². The van der Waals surface area contributed by atoms with E-state index < -0.39 is 0 Å². The Morgan fingerprint density at radius 2 is 1.89 bits per heavy atom. The van der Waals surface area contributed by atoms with E-state index in [2.05, 4.69) is 25.5 Å². The standard InChI is InChI=1S/C19H23N5O3/c1-14(25)15-3-2-4-17(11-15)23-19-21-12-16(13-22-19)18(26)20-5-6-24-7-9-27-10-8-24/h2-4,11-13H,5-10H2,1H3,(H,20,26)(H,21,22,23). The van der Waals surface area contributed by atoms with Crippen molar-refractivity contribution in [1.82, 2.24) is 20.2 Å². The minimum atomic E-state index is -0.201. The highest BCUT2D eigenvalue weighted by Crippen LogP contribution is 2.15. The van der Waals surface area contributed by atoms with E-state index in [9.17, 15) is 9.59 Å². The smallest absolute Gasteiger partial charge is 0.254 e. The lowest BCUT2D eigenvalue weighted by Gasteiger charge is -2.26. The molecule has 2 N–H and O–H groups in total. The van der Waals surface area contributed by atoms with Crippen molar-refractivity contribution < 1.29 is 14.3 Å². The second kappa shape index (κ2) is 9.20. The summed E-state index contributed by atoms with van der Waals surface area (Å²) in [6.45, 7) is 6.15. The first-order chi connectivity index (χ1) is 13.1. The van der Waals surface area contributed by atoms with Gasteiger partial charge >= 0.3 is 0 Å². The quantitative estimate of drug-likeness (QED) is 0.714. The fourth-order valence-corrected chi connectivity index (χ4v) is 2.71. The molecule has 0 saturated carbocycles. The van der Waals surface area contributed by atoms with Crippen LogP contribution in [0.25, 0.3) is 0 Å². The highest BCUT2D eigenvalue weighted by molar-refractivity contribution is 5.95. The first-order valence-corrected chi connectivity index (χ1v) is 8.90. The predicted octanol–water partition coefficient (Wildman–Crippen LogP) is 1.48. The average molecular weight is 369 g/mol. The zero-order valence-corrected chi connectivity index (χ0v) is 15.3. The molecule has 2 heterocycles. The van der Waals surface area contributed by atoms with Gasteiger partial charge in [0, 0.05) is 49.8 Å². The highest BCUT2D eigenvalue weighted by atomic mass is 16.5. The van der Waals surface area contributed by atoms with Crippen LogP contribution in [0.2, 0.25) is 0 Å². The Hall–Kier alpha value is -2.84. The summed E-state index contributed by atoms with van der Waals surface area (Å²) in [4.78, 5) is 34.2. The van der Waals surface area contributed by atoms with Crippen molar-refractivity contribution in [3.05, 3.63) is 47.8 Å². The number of aromatic nitrogens is 2. The molecule has 1 aliphatic heterocycles. The van der Waals surface area contributed by atoms with Crippen molar-refractivity contribution in [2.24, 2.45) is 0 Å². The molecule has 1 aliphatic rings. The fraction of sp³-hybridized carbons (Fsp3) is 0.368. The van der Waals surface area contributed by atoms with Gasteiger partial charge in [0.15, 0.2) is 5.78 Å². The maximum atomic E-state index is 12.2. The first kappa shape index (κ1) is 18.9. The molecule has 0 unspecified atom stereocenters. The molecule has 0 atom stereocenters. The Balaban J connectivity index is 1.51. The highest BCUT2D eigenvalue weighted by Gasteiger charge is 2.11. The van der Waals surface area contributed by atoms with Crippen LogP contribution in [-0.2, 0) is 4.74 Å². The number of morpholine rings is 1. The Labute approximate surface area is 158 Å². The van der Waals surface area contributed by atoms with E-state index in [0.717, 1.165) is 32.8 Å². The van der Waals surface area contributed by atoms with Crippen molar-refractivity contribution in [2.45, 2.75) is 6.92 Å². The van der Waals surface area contributed by atoms with Crippen LogP contribution in [-0.4, -0.2) is 66.0 Å². The Kier molecular flexibility index (Phi) is 6.45. The number of rotatable bonds is 7. The summed E-state index contributed by atoms with van der Waals surface area (Å²) in [6.07, 6.45) is 2.96. The molecule has 0 radical (unpaired) electrons. The molecule has 0 aliphatic carbocycles. The lowest BCUT2D eigenvalue weighted by Crippen LogP contribution is -2.41. The largest absolute Gasteiger partial charge is 0.379 e. The molecule has 2 aromatic rings. The van der Waals surface area contributed by atoms with Crippen molar-refractivity contribution in [1.29, 1.82) is 0 Å². The van der Waals surface area contributed by atoms with Gasteiger partial charge in [0.1, 0.15) is 0 Å². The topological polar surface area (TPSA) is 96.5 Å². The lowest BCUT2D eigenvalue weighted by molar-refractivity contribution is 0.0383. The van der Waals surface area contributed by atoms with Gasteiger partial charge < -0.3 is 15.4 Å². The molecule has 8 nitrogen and oxygen atoms in total. The summed E-state index contributed by atoms with van der Waals surface area (Å²) >= 11 is 0. The van der Waals surface area contributed by atoms with Crippen LogP contribution in [0.1, 0.15) is 27.6 Å². The first-order valence-electron chi connectivity index (χ1n) is 8.90. The van der Waals surface area contributed by atoms with Gasteiger partial charge in [-0.15, -0.1) is 0 Å². The number of nitrogens with one attached hydrogen (secondary N) is 2. The number of ketones is 1. The van der Waals surface area contributed by atoms with Gasteiger partial charge in [-0.2, -0.15) is 0 Å². The molecule has 0 bridgehead atoms. The number of carbonyl (C=O) groups is 2. The number of ether oxygens (including phenoxy) is 1. The van der Waals surface area contributed by atoms with Crippen molar-refractivity contribution in [3.63, 3.8) is 0 Å². The number of hydrogen-bond donors (Lipinski definition) is 2. The summed E-state index contributed by atoms with van der Waals surface area (Å²) in [7, 11) is 0. The Morgan fingerprint density at radius 1 is 1.15 bits per heavy atom. The van der Waals surface area contributed by atoms with Crippen LogP contribution >= 0.6 is 0 Å². The van der Waals surface area contributed by atoms with Gasteiger partial charge in [0.05, 0.1) is 18.8 Å². The maximum Gasteiger partial charge on any atom is 0.254 e. The van der Waals surface area contributed by atoms with E-state index in [1.807, 2.05) is 6.07 Å². The summed E-state index contributed by atoms with van der Waals surface area (Å²) in [5, 5.41) is 5.90. The number of benzene rings is 1. The van der Waals surface area contributed by atoms with Crippen molar-refractivity contribution in [3.8, 4) is 0 Å². The molecular weight excluding hydrogens is 346 g/mol. The minimum absolute atomic E-state index is 0.0105. The monoisotopic (exact) mass is 369 g/mol. The molecular formula is C19H23N5O3. The van der Waals surface area contributed by atoms with Crippen LogP contribution in [0.15, 0.2) is 36.7 Å². The van der Waals surface area contributed by atoms with E-state index in [1.165, 1.54) is 19.3 Å². The van der Waals surface area contributed by atoms with Crippen LogP contribution in [0.4, 0.5) is 11.6 Å². The third-order valence-corrected chi connectivity index (χ3v) is 4.26. The van der Waals surface area contributed by atoms with E-state index in [1.54, 1.807) is 18.2 Å². The van der Waals surface area contributed by atoms with Crippen molar-refractivity contribution in [2.75, 3.05) is 44.7 Å². The van der Waals surface area contributed by atoms with E-state index in [4.69, 9.17) is 4.74 Å². The number of hydrogen-bond acceptors (Lipinski definition) is 7. The molecule has 1 amide bonds. The van der Waals surface area contributed by atoms with Crippen LogP contribution < -0.4 is 10.6 Å². The van der Waals surface area contributed by atoms with Crippen LogP contribution in [0.5, 0.6) is 0 Å². The predicted molar refractivity (Wildman–Crippen MR) is 101 cm³/mol.